The Bertz CT molecular complexity index is 651. The summed E-state index contributed by atoms with van der Waals surface area (Å²) in [7, 11) is -2.03. The van der Waals surface area contributed by atoms with E-state index < -0.39 is 24.8 Å². The van der Waals surface area contributed by atoms with Gasteiger partial charge in [-0.2, -0.15) is 0 Å². The molecule has 0 radical (unpaired) electrons. The molecular formula is C19H27O4P. The number of rotatable bonds is 6. The zero-order chi connectivity index (χ0) is 18.7. The van der Waals surface area contributed by atoms with E-state index in [1.165, 1.54) is 5.80 Å². The van der Waals surface area contributed by atoms with Crippen LogP contribution in [0.3, 0.4) is 0 Å². The van der Waals surface area contributed by atoms with Crippen molar-refractivity contribution in [3.8, 4) is 0 Å². The van der Waals surface area contributed by atoms with E-state index in [2.05, 4.69) is 0 Å². The molecule has 4 nitrogen and oxygen atoms in total. The Labute approximate surface area is 145 Å². The van der Waals surface area contributed by atoms with E-state index in [0.717, 1.165) is 16.7 Å². The summed E-state index contributed by atoms with van der Waals surface area (Å²) < 4.78 is 4.93. The summed E-state index contributed by atoms with van der Waals surface area (Å²) in [5.41, 5.74) is 3.47. The molecular weight excluding hydrogens is 323 g/mol. The van der Waals surface area contributed by atoms with Crippen molar-refractivity contribution in [2.45, 2.75) is 53.6 Å². The van der Waals surface area contributed by atoms with E-state index in [1.807, 2.05) is 32.9 Å². The molecule has 0 spiro atoms. The van der Waals surface area contributed by atoms with Crippen LogP contribution >= 0.6 is 7.77 Å². The number of carbonyl (C=O) groups excluding carboxylic acids is 2. The molecule has 0 aliphatic heterocycles. The number of hydrogen-bond acceptors (Lipinski definition) is 4. The lowest BCUT2D eigenvalue weighted by atomic mass is 9.91. The quantitative estimate of drug-likeness (QED) is 0.448. The molecule has 0 bridgehead atoms. The zero-order valence-electron chi connectivity index (χ0n) is 15.6. The second-order valence-electron chi connectivity index (χ2n) is 6.68. The lowest BCUT2D eigenvalue weighted by Crippen LogP contribution is -2.33. The van der Waals surface area contributed by atoms with Gasteiger partial charge in [0.25, 0.3) is 0 Å². The number of esters is 1. The van der Waals surface area contributed by atoms with Gasteiger partial charge in [0.15, 0.2) is 5.16 Å². The highest BCUT2D eigenvalue weighted by molar-refractivity contribution is 7.53. The van der Waals surface area contributed by atoms with E-state index in [-0.39, 0.29) is 12.4 Å². The first-order chi connectivity index (χ1) is 11.0. The van der Waals surface area contributed by atoms with E-state index in [4.69, 9.17) is 4.74 Å². The topological polar surface area (TPSA) is 66.4 Å². The van der Waals surface area contributed by atoms with Crippen LogP contribution in [-0.2, 0) is 9.53 Å². The van der Waals surface area contributed by atoms with Gasteiger partial charge in [0, 0.05) is 5.56 Å². The van der Waals surface area contributed by atoms with Crippen molar-refractivity contribution in [1.82, 2.24) is 0 Å². The molecule has 1 aromatic carbocycles. The van der Waals surface area contributed by atoms with Crippen molar-refractivity contribution in [3.63, 3.8) is 0 Å². The van der Waals surface area contributed by atoms with Crippen molar-refractivity contribution < 1.29 is 19.2 Å². The zero-order valence-corrected chi connectivity index (χ0v) is 16.5. The van der Waals surface area contributed by atoms with Crippen LogP contribution in [-0.4, -0.2) is 29.3 Å². The fraction of sp³-hybridized carbons (Fsp3) is 0.526. The molecule has 0 saturated heterocycles. The van der Waals surface area contributed by atoms with Gasteiger partial charge in [-0.05, 0) is 59.6 Å². The summed E-state index contributed by atoms with van der Waals surface area (Å²) in [6.45, 7) is 12.7. The molecule has 0 aliphatic rings. The first kappa shape index (κ1) is 20.5. The Kier molecular flexibility index (Phi) is 6.88. The standard InChI is InChI=1S/C19H27O4P/c1-8-23-18(21)15(5)11-24(22)19(6,7)17(20)16-13(3)9-12(2)10-14(16)4/h9-11,15H,8H2,1-7H3. The van der Waals surface area contributed by atoms with Gasteiger partial charge in [0.05, 0.1) is 20.2 Å². The third kappa shape index (κ3) is 4.52. The first-order valence-electron chi connectivity index (χ1n) is 8.13. The fourth-order valence-electron chi connectivity index (χ4n) is 2.67. The molecule has 0 aromatic heterocycles. The van der Waals surface area contributed by atoms with Crippen LogP contribution in [0.1, 0.15) is 54.7 Å². The number of aryl methyl sites for hydroxylation is 3. The van der Waals surface area contributed by atoms with Crippen LogP contribution in [0, 0.1) is 26.7 Å². The Balaban J connectivity index is 3.19. The highest BCUT2D eigenvalue weighted by Crippen LogP contribution is 2.37. The van der Waals surface area contributed by atoms with Gasteiger partial charge < -0.3 is 9.63 Å². The Morgan fingerprint density at radius 3 is 2.21 bits per heavy atom. The normalized spacial score (nSPS) is 13.6. The van der Waals surface area contributed by atoms with Crippen LogP contribution in [0.25, 0.3) is 0 Å². The van der Waals surface area contributed by atoms with Crippen LogP contribution in [0.2, 0.25) is 0 Å². The molecule has 0 aliphatic carbocycles. The molecule has 2 unspecified atom stereocenters. The van der Waals surface area contributed by atoms with E-state index in [0.29, 0.717) is 5.56 Å². The maximum Gasteiger partial charge on any atom is 0.316 e. The van der Waals surface area contributed by atoms with Gasteiger partial charge in [0.1, 0.15) is 5.92 Å². The van der Waals surface area contributed by atoms with Crippen molar-refractivity contribution in [2.75, 3.05) is 6.61 Å². The number of Topliss-reactive ketones (excluding diaryl/α,β-unsaturated/α-hetero) is 1. The molecule has 0 saturated carbocycles. The van der Waals surface area contributed by atoms with Crippen LogP contribution in [0.4, 0.5) is 0 Å². The lowest BCUT2D eigenvalue weighted by molar-refractivity contribution is -0.156. The molecule has 2 atom stereocenters. The number of hydrogen-bond donors (Lipinski definition) is 0. The fourth-order valence-corrected chi connectivity index (χ4v) is 3.88. The molecule has 1 rings (SSSR count). The maximum atomic E-state index is 13.0. The smallest absolute Gasteiger partial charge is 0.316 e. The summed E-state index contributed by atoms with van der Waals surface area (Å²) in [6.07, 6.45) is 0. The van der Waals surface area contributed by atoms with Gasteiger partial charge in [-0.25, -0.2) is 0 Å². The Morgan fingerprint density at radius 1 is 1.25 bits per heavy atom. The Morgan fingerprint density at radius 2 is 1.75 bits per heavy atom. The maximum absolute atomic E-state index is 13.0. The molecule has 1 aromatic rings. The van der Waals surface area contributed by atoms with Gasteiger partial charge in [-0.15, -0.1) is 0 Å². The number of ketones is 1. The summed E-state index contributed by atoms with van der Waals surface area (Å²) in [6, 6.07) is 3.91. The molecule has 0 amide bonds. The second kappa shape index (κ2) is 8.04. The van der Waals surface area contributed by atoms with Crippen LogP contribution in [0.15, 0.2) is 12.1 Å². The number of benzene rings is 1. The molecule has 5 heteroatoms. The van der Waals surface area contributed by atoms with Crippen LogP contribution < -0.4 is 4.89 Å². The predicted octanol–water partition coefficient (Wildman–Crippen LogP) is 3.33. The highest BCUT2D eigenvalue weighted by atomic mass is 31.1. The highest BCUT2D eigenvalue weighted by Gasteiger charge is 2.39. The molecule has 0 heterocycles. The molecule has 0 fully saturated rings. The summed E-state index contributed by atoms with van der Waals surface area (Å²) in [4.78, 5) is 37.5. The SMILES string of the molecule is CCOC(=O)C(C)C=[P+]([O-])C(C)(C)C(=O)c1c(C)cc(C)cc1C. The van der Waals surface area contributed by atoms with Gasteiger partial charge in [-0.1, -0.05) is 17.7 Å². The average Bonchev–Trinajstić information content (AvgIpc) is 2.45. The van der Waals surface area contributed by atoms with Gasteiger partial charge in [-0.3, -0.25) is 9.59 Å². The van der Waals surface area contributed by atoms with E-state index in [9.17, 15) is 14.5 Å². The van der Waals surface area contributed by atoms with Gasteiger partial charge >= 0.3 is 5.97 Å². The summed E-state index contributed by atoms with van der Waals surface area (Å²) in [5, 5.41) is -1.08. The lowest BCUT2D eigenvalue weighted by Gasteiger charge is -2.22. The largest absolute Gasteiger partial charge is 0.630 e. The molecule has 24 heavy (non-hydrogen) atoms. The van der Waals surface area contributed by atoms with Crippen molar-refractivity contribution >= 4 is 25.3 Å². The number of ether oxygens (including phenoxy) is 1. The van der Waals surface area contributed by atoms with Crippen molar-refractivity contribution in [1.29, 1.82) is 0 Å². The first-order valence-corrected chi connectivity index (χ1v) is 9.46. The van der Waals surface area contributed by atoms with Crippen molar-refractivity contribution in [2.24, 2.45) is 5.92 Å². The van der Waals surface area contributed by atoms with Crippen LogP contribution in [0.5, 0.6) is 0 Å². The minimum Gasteiger partial charge on any atom is -0.630 e. The minimum atomic E-state index is -2.03. The molecule has 0 N–H and O–H groups in total. The third-order valence-electron chi connectivity index (χ3n) is 4.03. The number of carbonyl (C=O) groups is 2. The predicted molar refractivity (Wildman–Crippen MR) is 97.8 cm³/mol. The Hall–Kier alpha value is -1.51. The minimum absolute atomic E-state index is 0.161. The van der Waals surface area contributed by atoms with Gasteiger partial charge in [0.2, 0.25) is 5.78 Å². The van der Waals surface area contributed by atoms with Crippen molar-refractivity contribution in [3.05, 3.63) is 34.4 Å². The summed E-state index contributed by atoms with van der Waals surface area (Å²) >= 11 is 0. The summed E-state index contributed by atoms with van der Waals surface area (Å²) in [5.74, 6) is 0.239. The third-order valence-corrected chi connectivity index (χ3v) is 6.05. The average molecular weight is 350 g/mol. The van der Waals surface area contributed by atoms with E-state index in [1.54, 1.807) is 27.7 Å². The monoisotopic (exact) mass is 350 g/mol. The van der Waals surface area contributed by atoms with E-state index >= 15 is 0 Å². The second-order valence-corrected chi connectivity index (χ2v) is 8.75. The molecule has 132 valence electrons.